The maximum absolute atomic E-state index is 11.1. The summed E-state index contributed by atoms with van der Waals surface area (Å²) >= 11 is 0. The quantitative estimate of drug-likeness (QED) is 0.762. The molecule has 19 heavy (non-hydrogen) atoms. The maximum Gasteiger partial charge on any atom is 0.337 e. The molecule has 2 heterocycles. The van der Waals surface area contributed by atoms with Crippen LogP contribution in [0.3, 0.4) is 0 Å². The van der Waals surface area contributed by atoms with Crippen LogP contribution in [0.15, 0.2) is 48.9 Å². The Kier molecular flexibility index (Phi) is 2.56. The molecule has 3 rings (SSSR count). The summed E-state index contributed by atoms with van der Waals surface area (Å²) in [7, 11) is 0. The maximum atomic E-state index is 11.1. The first-order valence-electron chi connectivity index (χ1n) is 5.93. The number of fused-ring (bicyclic) bond motifs is 1. The number of hydrogen-bond acceptors (Lipinski definition) is 2. The Balaban J connectivity index is 2.25. The fraction of sp³-hybridized carbons (Fsp3) is 0.0667. The van der Waals surface area contributed by atoms with Gasteiger partial charge in [-0.1, -0.05) is 6.07 Å². The van der Waals surface area contributed by atoms with Crippen molar-refractivity contribution in [2.24, 2.45) is 0 Å². The van der Waals surface area contributed by atoms with E-state index in [0.717, 1.165) is 22.2 Å². The lowest BCUT2D eigenvalue weighted by molar-refractivity contribution is 0.0696. The van der Waals surface area contributed by atoms with Crippen LogP contribution in [0.5, 0.6) is 0 Å². The number of pyridine rings is 1. The van der Waals surface area contributed by atoms with E-state index in [0.29, 0.717) is 5.56 Å². The molecule has 0 fully saturated rings. The van der Waals surface area contributed by atoms with Crippen molar-refractivity contribution >= 4 is 16.9 Å². The van der Waals surface area contributed by atoms with E-state index in [1.807, 2.05) is 41.1 Å². The number of aromatic carboxylic acids is 1. The number of nitrogens with zero attached hydrogens (tertiary/aromatic N) is 2. The van der Waals surface area contributed by atoms with Crippen molar-refractivity contribution in [3.05, 3.63) is 60.0 Å². The predicted octanol–water partition coefficient (Wildman–Crippen LogP) is 3.03. The molecule has 0 saturated carbocycles. The van der Waals surface area contributed by atoms with Crippen molar-refractivity contribution in [2.75, 3.05) is 0 Å². The second-order valence-electron chi connectivity index (χ2n) is 4.41. The molecule has 0 aliphatic rings. The lowest BCUT2D eigenvalue weighted by Crippen LogP contribution is -1.96. The second kappa shape index (κ2) is 4.24. The van der Waals surface area contributed by atoms with Gasteiger partial charge in [0, 0.05) is 24.0 Å². The van der Waals surface area contributed by atoms with Crippen LogP contribution in [-0.2, 0) is 0 Å². The van der Waals surface area contributed by atoms with Gasteiger partial charge in [0.05, 0.1) is 16.8 Å². The molecule has 0 radical (unpaired) electrons. The van der Waals surface area contributed by atoms with Gasteiger partial charge in [0.15, 0.2) is 0 Å². The van der Waals surface area contributed by atoms with E-state index in [9.17, 15) is 4.79 Å². The number of aromatic nitrogens is 2. The Labute approximate surface area is 109 Å². The lowest BCUT2D eigenvalue weighted by atomic mass is 10.2. The molecule has 0 aliphatic carbocycles. The van der Waals surface area contributed by atoms with Gasteiger partial charge in [0.1, 0.15) is 0 Å². The van der Waals surface area contributed by atoms with Gasteiger partial charge in [-0.3, -0.25) is 4.98 Å². The van der Waals surface area contributed by atoms with E-state index in [-0.39, 0.29) is 0 Å². The van der Waals surface area contributed by atoms with Gasteiger partial charge in [-0.15, -0.1) is 0 Å². The molecular weight excluding hydrogens is 240 g/mol. The molecule has 4 heteroatoms. The molecule has 4 nitrogen and oxygen atoms in total. The van der Waals surface area contributed by atoms with Crippen molar-refractivity contribution in [3.8, 4) is 5.69 Å². The van der Waals surface area contributed by atoms with Crippen LogP contribution in [0.1, 0.15) is 15.9 Å². The highest BCUT2D eigenvalue weighted by Crippen LogP contribution is 2.22. The van der Waals surface area contributed by atoms with E-state index in [1.165, 1.54) is 0 Å². The Morgan fingerprint density at radius 1 is 1.21 bits per heavy atom. The Morgan fingerprint density at radius 3 is 2.79 bits per heavy atom. The van der Waals surface area contributed by atoms with Gasteiger partial charge in [0.2, 0.25) is 0 Å². The van der Waals surface area contributed by atoms with E-state index >= 15 is 0 Å². The number of rotatable bonds is 2. The minimum atomic E-state index is -0.908. The summed E-state index contributed by atoms with van der Waals surface area (Å²) in [5, 5.41) is 10.1. The zero-order valence-corrected chi connectivity index (χ0v) is 10.4. The zero-order chi connectivity index (χ0) is 13.4. The Morgan fingerprint density at radius 2 is 2.05 bits per heavy atom. The molecule has 0 spiro atoms. The molecule has 1 aromatic carbocycles. The molecule has 0 atom stereocenters. The smallest absolute Gasteiger partial charge is 0.337 e. The topological polar surface area (TPSA) is 55.1 Å². The number of carboxylic acids is 1. The molecule has 0 aliphatic heterocycles. The van der Waals surface area contributed by atoms with Gasteiger partial charge < -0.3 is 9.67 Å². The highest BCUT2D eigenvalue weighted by atomic mass is 16.4. The number of benzene rings is 1. The van der Waals surface area contributed by atoms with Crippen molar-refractivity contribution in [1.82, 2.24) is 9.55 Å². The van der Waals surface area contributed by atoms with Gasteiger partial charge >= 0.3 is 5.97 Å². The van der Waals surface area contributed by atoms with Gasteiger partial charge in [-0.05, 0) is 36.8 Å². The molecule has 0 saturated heterocycles. The molecule has 2 aromatic heterocycles. The summed E-state index contributed by atoms with van der Waals surface area (Å²) in [6.07, 6.45) is 5.21. The molecule has 0 unspecified atom stereocenters. The largest absolute Gasteiger partial charge is 0.478 e. The van der Waals surface area contributed by atoms with Crippen LogP contribution >= 0.6 is 0 Å². The first-order chi connectivity index (χ1) is 9.16. The van der Waals surface area contributed by atoms with Crippen molar-refractivity contribution in [2.45, 2.75) is 6.92 Å². The summed E-state index contributed by atoms with van der Waals surface area (Å²) in [6, 6.07) is 9.66. The van der Waals surface area contributed by atoms with E-state index in [2.05, 4.69) is 4.98 Å². The van der Waals surface area contributed by atoms with Crippen LogP contribution < -0.4 is 0 Å². The van der Waals surface area contributed by atoms with Gasteiger partial charge in [-0.25, -0.2) is 4.79 Å². The average molecular weight is 252 g/mol. The van der Waals surface area contributed by atoms with E-state index in [4.69, 9.17) is 5.11 Å². The standard InChI is InChI=1S/C15H12N2O2/c1-10-8-17(9-12(10)15(18)19)14-6-2-5-13-11(14)4-3-7-16-13/h2-9H,1H3,(H,18,19). The van der Waals surface area contributed by atoms with Crippen LogP contribution in [0.25, 0.3) is 16.6 Å². The minimum Gasteiger partial charge on any atom is -0.478 e. The normalized spacial score (nSPS) is 10.8. The predicted molar refractivity (Wildman–Crippen MR) is 72.8 cm³/mol. The molecule has 3 aromatic rings. The minimum absolute atomic E-state index is 0.320. The first kappa shape index (κ1) is 11.5. The second-order valence-corrected chi connectivity index (χ2v) is 4.41. The summed E-state index contributed by atoms with van der Waals surface area (Å²) in [5.41, 5.74) is 2.89. The number of carboxylic acid groups (broad SMARTS) is 1. The third-order valence-electron chi connectivity index (χ3n) is 3.16. The van der Waals surface area contributed by atoms with Crippen LogP contribution in [-0.4, -0.2) is 20.6 Å². The summed E-state index contributed by atoms with van der Waals surface area (Å²) in [5.74, 6) is -0.908. The molecular formula is C15H12N2O2. The summed E-state index contributed by atoms with van der Waals surface area (Å²) in [4.78, 5) is 15.4. The Hall–Kier alpha value is -2.62. The highest BCUT2D eigenvalue weighted by Gasteiger charge is 2.12. The molecule has 0 bridgehead atoms. The first-order valence-corrected chi connectivity index (χ1v) is 5.93. The fourth-order valence-electron chi connectivity index (χ4n) is 2.23. The molecule has 0 amide bonds. The summed E-state index contributed by atoms with van der Waals surface area (Å²) < 4.78 is 1.84. The average Bonchev–Trinajstić information content (AvgIpc) is 2.80. The lowest BCUT2D eigenvalue weighted by Gasteiger charge is -2.06. The Bertz CT molecular complexity index is 769. The SMILES string of the molecule is Cc1cn(-c2cccc3ncccc23)cc1C(=O)O. The van der Waals surface area contributed by atoms with Crippen LogP contribution in [0.4, 0.5) is 0 Å². The van der Waals surface area contributed by atoms with Crippen molar-refractivity contribution in [3.63, 3.8) is 0 Å². The van der Waals surface area contributed by atoms with E-state index in [1.54, 1.807) is 19.3 Å². The number of aryl methyl sites for hydroxylation is 1. The van der Waals surface area contributed by atoms with Crippen molar-refractivity contribution < 1.29 is 9.90 Å². The van der Waals surface area contributed by atoms with Crippen LogP contribution in [0.2, 0.25) is 0 Å². The third-order valence-corrected chi connectivity index (χ3v) is 3.16. The number of carbonyl (C=O) groups is 1. The van der Waals surface area contributed by atoms with Crippen LogP contribution in [0, 0.1) is 6.92 Å². The molecule has 94 valence electrons. The number of hydrogen-bond donors (Lipinski definition) is 1. The third kappa shape index (κ3) is 1.87. The fourth-order valence-corrected chi connectivity index (χ4v) is 2.23. The molecule has 1 N–H and O–H groups in total. The van der Waals surface area contributed by atoms with Gasteiger partial charge in [0.25, 0.3) is 0 Å². The highest BCUT2D eigenvalue weighted by molar-refractivity contribution is 5.91. The zero-order valence-electron chi connectivity index (χ0n) is 10.4. The van der Waals surface area contributed by atoms with Crippen molar-refractivity contribution in [1.29, 1.82) is 0 Å². The van der Waals surface area contributed by atoms with E-state index < -0.39 is 5.97 Å². The summed E-state index contributed by atoms with van der Waals surface area (Å²) in [6.45, 7) is 1.79. The van der Waals surface area contributed by atoms with Gasteiger partial charge in [-0.2, -0.15) is 0 Å². The monoisotopic (exact) mass is 252 g/mol.